The molecule has 0 radical (unpaired) electrons. The van der Waals surface area contributed by atoms with Gasteiger partial charge < -0.3 is 19.7 Å². The van der Waals surface area contributed by atoms with E-state index >= 15 is 0 Å². The van der Waals surface area contributed by atoms with Gasteiger partial charge in [0.15, 0.2) is 0 Å². The average Bonchev–Trinajstić information content (AvgIpc) is 3.57. The number of halogens is 3. The molecule has 2 aliphatic heterocycles. The Bertz CT molecular complexity index is 1600. The first-order valence-electron chi connectivity index (χ1n) is 15.1. The van der Waals surface area contributed by atoms with Crippen LogP contribution in [0.1, 0.15) is 42.6 Å². The second-order valence-corrected chi connectivity index (χ2v) is 12.7. The van der Waals surface area contributed by atoms with Gasteiger partial charge in [-0.3, -0.25) is 4.79 Å². The van der Waals surface area contributed by atoms with E-state index in [0.29, 0.717) is 30.1 Å². The Kier molecular flexibility index (Phi) is 9.94. The molecule has 3 heterocycles. The number of hydrogen-bond donors (Lipinski definition) is 1. The van der Waals surface area contributed by atoms with E-state index in [9.17, 15) is 18.0 Å². The van der Waals surface area contributed by atoms with Gasteiger partial charge in [0.2, 0.25) is 5.91 Å². The summed E-state index contributed by atoms with van der Waals surface area (Å²) in [6, 6.07) is 13.7. The average molecular weight is 637 g/mol. The fourth-order valence-electron chi connectivity index (χ4n) is 6.19. The lowest BCUT2D eigenvalue weighted by atomic mass is 9.90. The Morgan fingerprint density at radius 2 is 1.91 bits per heavy atom. The van der Waals surface area contributed by atoms with Gasteiger partial charge in [0.05, 0.1) is 17.2 Å². The van der Waals surface area contributed by atoms with Crippen molar-refractivity contribution in [2.24, 2.45) is 10.9 Å². The van der Waals surface area contributed by atoms with Gasteiger partial charge in [-0.25, -0.2) is 14.4 Å². The first kappa shape index (κ1) is 32.6. The monoisotopic (exact) mass is 636 g/mol. The molecule has 5 rings (SSSR count). The molecule has 0 bridgehead atoms. The van der Waals surface area contributed by atoms with Crippen LogP contribution in [0.5, 0.6) is 0 Å². The third kappa shape index (κ3) is 7.39. The molecule has 0 saturated carbocycles. The van der Waals surface area contributed by atoms with Crippen molar-refractivity contribution in [3.05, 3.63) is 102 Å². The number of likely N-dealkylation sites (N-methyl/N-ethyl adjacent to an activating group) is 1. The van der Waals surface area contributed by atoms with Crippen LogP contribution in [0.3, 0.4) is 0 Å². The lowest BCUT2D eigenvalue weighted by Gasteiger charge is -2.35. The van der Waals surface area contributed by atoms with E-state index < -0.39 is 17.0 Å². The molecule has 2 aromatic carbocycles. The minimum Gasteiger partial charge on any atom is -0.375 e. The number of amides is 1. The van der Waals surface area contributed by atoms with Crippen LogP contribution in [0.4, 0.5) is 13.2 Å². The van der Waals surface area contributed by atoms with Gasteiger partial charge in [-0.1, -0.05) is 46.2 Å². The molecule has 11 heteroatoms. The first-order valence-corrected chi connectivity index (χ1v) is 15.7. The van der Waals surface area contributed by atoms with Gasteiger partial charge in [-0.15, -0.1) is 0 Å². The maximum atomic E-state index is 14.2. The number of benzene rings is 2. The fraction of sp³-hybridized carbons (Fsp3) is 0.382. The topological polar surface area (TPSA) is 65.8 Å². The van der Waals surface area contributed by atoms with Crippen molar-refractivity contribution < 1.29 is 18.0 Å². The SMILES string of the molecule is C=CN=C1NC(=O)C(Cc2ccccc2)/C1=C(/C)N1CCC(c2nc(-c3ccc(F)c(C(F)(F)P)c3)cn2CCN(C)C)CC1. The Labute approximate surface area is 265 Å². The largest absolute Gasteiger partial charge is 0.375 e. The van der Waals surface area contributed by atoms with E-state index in [0.717, 1.165) is 61.2 Å². The summed E-state index contributed by atoms with van der Waals surface area (Å²) in [6.45, 7) is 8.76. The third-order valence-electron chi connectivity index (χ3n) is 8.61. The van der Waals surface area contributed by atoms with Crippen molar-refractivity contribution in [1.29, 1.82) is 0 Å². The lowest BCUT2D eigenvalue weighted by Crippen LogP contribution is -2.34. The second-order valence-electron chi connectivity index (χ2n) is 12.0. The van der Waals surface area contributed by atoms with E-state index in [2.05, 4.69) is 38.2 Å². The van der Waals surface area contributed by atoms with Gasteiger partial charge in [0.1, 0.15) is 17.5 Å². The molecule has 0 aliphatic carbocycles. The molecule has 2 fully saturated rings. The molecule has 1 amide bonds. The van der Waals surface area contributed by atoms with Crippen molar-refractivity contribution in [2.45, 2.75) is 44.3 Å². The molecule has 238 valence electrons. The quantitative estimate of drug-likeness (QED) is 0.271. The molecule has 45 heavy (non-hydrogen) atoms. The molecule has 0 spiro atoms. The summed E-state index contributed by atoms with van der Waals surface area (Å²) in [6.07, 6.45) is 5.56. The van der Waals surface area contributed by atoms with Gasteiger partial charge in [-0.05, 0) is 64.0 Å². The molecule has 2 saturated heterocycles. The van der Waals surface area contributed by atoms with Crippen molar-refractivity contribution in [1.82, 2.24) is 24.7 Å². The van der Waals surface area contributed by atoms with E-state index in [-0.39, 0.29) is 17.7 Å². The molecule has 2 aliphatic rings. The number of nitrogens with zero attached hydrogens (tertiary/aromatic N) is 5. The smallest absolute Gasteiger partial charge is 0.286 e. The Morgan fingerprint density at radius 1 is 1.20 bits per heavy atom. The highest BCUT2D eigenvalue weighted by Gasteiger charge is 2.38. The zero-order valence-electron chi connectivity index (χ0n) is 25.9. The van der Waals surface area contributed by atoms with E-state index in [1.54, 1.807) is 0 Å². The first-order chi connectivity index (χ1) is 21.5. The van der Waals surface area contributed by atoms with Crippen LogP contribution in [0.2, 0.25) is 0 Å². The molecular formula is C34H40F3N6OP. The minimum atomic E-state index is -3.38. The summed E-state index contributed by atoms with van der Waals surface area (Å²) in [4.78, 5) is 26.8. The van der Waals surface area contributed by atoms with Crippen molar-refractivity contribution in [2.75, 3.05) is 33.7 Å². The van der Waals surface area contributed by atoms with Gasteiger partial charge in [0.25, 0.3) is 5.66 Å². The van der Waals surface area contributed by atoms with Crippen LogP contribution in [-0.4, -0.2) is 64.8 Å². The van der Waals surface area contributed by atoms with E-state index in [1.807, 2.05) is 50.6 Å². The van der Waals surface area contributed by atoms with E-state index in [1.165, 1.54) is 27.6 Å². The number of nitrogens with one attached hydrogen (secondary N) is 1. The third-order valence-corrected chi connectivity index (χ3v) is 8.92. The van der Waals surface area contributed by atoms with E-state index in [4.69, 9.17) is 4.98 Å². The summed E-state index contributed by atoms with van der Waals surface area (Å²) in [5, 5.41) is 2.96. The predicted molar refractivity (Wildman–Crippen MR) is 175 cm³/mol. The highest BCUT2D eigenvalue weighted by atomic mass is 31.0. The summed E-state index contributed by atoms with van der Waals surface area (Å²) in [5.41, 5.74) is -0.0617. The van der Waals surface area contributed by atoms with Crippen LogP contribution >= 0.6 is 9.24 Å². The number of allylic oxidation sites excluding steroid dienone is 1. The number of rotatable bonds is 10. The summed E-state index contributed by atoms with van der Waals surface area (Å²) in [7, 11) is 5.41. The standard InChI is InChI=1S/C34H40F3N6OP/c1-5-38-31-30(26(33(44)40-31)19-23-9-7-6-8-10-23)22(2)42-15-13-24(14-16-42)32-39-29(21-43(32)18-17-41(3)4)25-11-12-28(35)27(20-25)34(36,37)45/h5-12,20-21,24,26H,1,13-19,45H2,2-4H3,(H,38,40,44)/b30-22+. The number of piperidine rings is 1. The van der Waals surface area contributed by atoms with Crippen LogP contribution < -0.4 is 5.32 Å². The Balaban J connectivity index is 1.40. The number of aliphatic imine (C=N–C) groups is 1. The summed E-state index contributed by atoms with van der Waals surface area (Å²) >= 11 is 0. The number of likely N-dealkylation sites (tertiary alicyclic amines) is 1. The molecule has 7 nitrogen and oxygen atoms in total. The summed E-state index contributed by atoms with van der Waals surface area (Å²) in [5.74, 6) is 0.216. The molecular weight excluding hydrogens is 596 g/mol. The van der Waals surface area contributed by atoms with Gasteiger partial charge in [-0.2, -0.15) is 8.78 Å². The molecule has 1 N–H and O–H groups in total. The highest BCUT2D eigenvalue weighted by Crippen LogP contribution is 2.39. The highest BCUT2D eigenvalue weighted by molar-refractivity contribution is 7.17. The number of hydrogen-bond acceptors (Lipinski definition) is 5. The zero-order valence-corrected chi connectivity index (χ0v) is 27.1. The van der Waals surface area contributed by atoms with Crippen molar-refractivity contribution >= 4 is 21.0 Å². The molecule has 3 aromatic rings. The number of carbonyl (C=O) groups is 1. The molecule has 2 unspecified atom stereocenters. The lowest BCUT2D eigenvalue weighted by molar-refractivity contribution is -0.121. The number of amidine groups is 1. The van der Waals surface area contributed by atoms with Crippen molar-refractivity contribution in [3.8, 4) is 11.3 Å². The molecule has 2 atom stereocenters. The van der Waals surface area contributed by atoms with Gasteiger partial charge in [0, 0.05) is 61.3 Å². The maximum absolute atomic E-state index is 14.2. The Hall–Kier alpha value is -3.75. The molecule has 1 aromatic heterocycles. The van der Waals surface area contributed by atoms with Gasteiger partial charge >= 0.3 is 0 Å². The summed E-state index contributed by atoms with van der Waals surface area (Å²) < 4.78 is 44.5. The number of aromatic nitrogens is 2. The van der Waals surface area contributed by atoms with Crippen LogP contribution in [0.25, 0.3) is 11.3 Å². The van der Waals surface area contributed by atoms with Crippen LogP contribution in [0, 0.1) is 11.7 Å². The normalized spacial score (nSPS) is 19.8. The van der Waals surface area contributed by atoms with Crippen LogP contribution in [0.15, 0.2) is 83.8 Å². The van der Waals surface area contributed by atoms with Crippen molar-refractivity contribution in [3.63, 3.8) is 0 Å². The number of carbonyl (C=O) groups excluding carboxylic acids is 1. The van der Waals surface area contributed by atoms with Crippen LogP contribution in [-0.2, 0) is 23.4 Å². The number of alkyl halides is 2. The number of imidazole rings is 1. The minimum absolute atomic E-state index is 0.0671. The fourth-order valence-corrected chi connectivity index (χ4v) is 6.42. The second kappa shape index (κ2) is 13.7. The predicted octanol–water partition coefficient (Wildman–Crippen LogP) is 6.16. The zero-order chi connectivity index (χ0) is 32.3. The Morgan fingerprint density at radius 3 is 2.56 bits per heavy atom. The maximum Gasteiger partial charge on any atom is 0.286 e.